The van der Waals surface area contributed by atoms with Crippen molar-refractivity contribution in [2.75, 3.05) is 36.4 Å². The number of hydrogen-bond donors (Lipinski definition) is 1. The van der Waals surface area contributed by atoms with Crippen LogP contribution in [0.2, 0.25) is 0 Å². The third-order valence-electron chi connectivity index (χ3n) is 5.13. The van der Waals surface area contributed by atoms with Gasteiger partial charge in [-0.15, -0.1) is 0 Å². The smallest absolute Gasteiger partial charge is 0.321 e. The highest BCUT2D eigenvalue weighted by molar-refractivity contribution is 5.90. The largest absolute Gasteiger partial charge is 0.353 e. The summed E-state index contributed by atoms with van der Waals surface area (Å²) in [5, 5.41) is 7.45. The molecule has 8 nitrogen and oxygen atoms in total. The number of aromatic nitrogens is 4. The maximum absolute atomic E-state index is 12.7. The summed E-state index contributed by atoms with van der Waals surface area (Å²) in [5.74, 6) is 1.58. The molecular weight excluding hydrogens is 366 g/mol. The van der Waals surface area contributed by atoms with E-state index in [4.69, 9.17) is 0 Å². The van der Waals surface area contributed by atoms with Gasteiger partial charge in [0, 0.05) is 44.1 Å². The lowest BCUT2D eigenvalue weighted by Crippen LogP contribution is -2.50. The average molecular weight is 391 g/mol. The second-order valence-corrected chi connectivity index (χ2v) is 7.05. The molecule has 4 rings (SSSR count). The fourth-order valence-electron chi connectivity index (χ4n) is 3.46. The minimum atomic E-state index is -0.0547. The van der Waals surface area contributed by atoms with E-state index >= 15 is 0 Å². The Balaban J connectivity index is 1.39. The van der Waals surface area contributed by atoms with E-state index in [2.05, 4.69) is 32.2 Å². The van der Waals surface area contributed by atoms with Gasteiger partial charge in [-0.3, -0.25) is 0 Å². The molecule has 0 atom stereocenters. The lowest BCUT2D eigenvalue weighted by molar-refractivity contribution is 0.208. The summed E-state index contributed by atoms with van der Waals surface area (Å²) in [7, 11) is 0. The highest BCUT2D eigenvalue weighted by atomic mass is 16.2. The van der Waals surface area contributed by atoms with Crippen molar-refractivity contribution < 1.29 is 4.79 Å². The third kappa shape index (κ3) is 4.21. The minimum absolute atomic E-state index is 0.0547. The molecule has 1 aliphatic rings. The van der Waals surface area contributed by atoms with Crippen molar-refractivity contribution in [2.24, 2.45) is 0 Å². The van der Waals surface area contributed by atoms with Crippen LogP contribution in [0.5, 0.6) is 0 Å². The molecule has 0 unspecified atom stereocenters. The molecule has 8 heteroatoms. The van der Waals surface area contributed by atoms with Gasteiger partial charge in [-0.25, -0.2) is 19.4 Å². The van der Waals surface area contributed by atoms with Crippen LogP contribution in [0.1, 0.15) is 18.2 Å². The summed E-state index contributed by atoms with van der Waals surface area (Å²) in [6, 6.07) is 11.7. The van der Waals surface area contributed by atoms with Gasteiger partial charge in [0.15, 0.2) is 5.82 Å². The van der Waals surface area contributed by atoms with E-state index in [0.717, 1.165) is 48.1 Å². The zero-order valence-corrected chi connectivity index (χ0v) is 16.7. The Kier molecular flexibility index (Phi) is 5.41. The summed E-state index contributed by atoms with van der Waals surface area (Å²) in [5.41, 5.74) is 2.97. The SMILES string of the molecule is CCc1ccccc1NC(=O)N1CCN(c2cc(-n3ccc(C)n3)ncn2)CC1. The topological polar surface area (TPSA) is 79.2 Å². The summed E-state index contributed by atoms with van der Waals surface area (Å²) in [6.45, 7) is 6.75. The molecule has 1 fully saturated rings. The molecule has 0 spiro atoms. The van der Waals surface area contributed by atoms with Crippen molar-refractivity contribution in [3.05, 3.63) is 60.2 Å². The number of carbonyl (C=O) groups excluding carboxylic acids is 1. The molecule has 3 heterocycles. The molecule has 2 amide bonds. The van der Waals surface area contributed by atoms with Crippen LogP contribution in [-0.4, -0.2) is 56.9 Å². The molecule has 1 N–H and O–H groups in total. The molecule has 0 aliphatic carbocycles. The van der Waals surface area contributed by atoms with Gasteiger partial charge in [0.1, 0.15) is 12.1 Å². The van der Waals surface area contributed by atoms with E-state index in [1.165, 1.54) is 0 Å². The van der Waals surface area contributed by atoms with Crippen molar-refractivity contribution in [3.63, 3.8) is 0 Å². The summed E-state index contributed by atoms with van der Waals surface area (Å²) >= 11 is 0. The van der Waals surface area contributed by atoms with Gasteiger partial charge in [0.25, 0.3) is 0 Å². The minimum Gasteiger partial charge on any atom is -0.353 e. The molecule has 0 bridgehead atoms. The zero-order valence-electron chi connectivity index (χ0n) is 16.7. The predicted molar refractivity (Wildman–Crippen MR) is 113 cm³/mol. The average Bonchev–Trinajstić information content (AvgIpc) is 3.21. The van der Waals surface area contributed by atoms with E-state index in [1.54, 1.807) is 11.0 Å². The molecular formula is C21H25N7O. The molecule has 1 saturated heterocycles. The van der Waals surface area contributed by atoms with Gasteiger partial charge in [-0.1, -0.05) is 25.1 Å². The highest BCUT2D eigenvalue weighted by Gasteiger charge is 2.22. The van der Waals surface area contributed by atoms with Crippen molar-refractivity contribution in [3.8, 4) is 5.82 Å². The van der Waals surface area contributed by atoms with Crippen LogP contribution in [0.25, 0.3) is 5.82 Å². The van der Waals surface area contributed by atoms with Crippen LogP contribution in [0.4, 0.5) is 16.3 Å². The molecule has 1 aliphatic heterocycles. The highest BCUT2D eigenvalue weighted by Crippen LogP contribution is 2.18. The maximum atomic E-state index is 12.7. The Morgan fingerprint density at radius 2 is 1.83 bits per heavy atom. The zero-order chi connectivity index (χ0) is 20.2. The molecule has 1 aromatic carbocycles. The summed E-state index contributed by atoms with van der Waals surface area (Å²) in [4.78, 5) is 25.4. The number of benzene rings is 1. The monoisotopic (exact) mass is 391 g/mol. The number of hydrogen-bond acceptors (Lipinski definition) is 5. The Labute approximate surface area is 170 Å². The molecule has 150 valence electrons. The molecule has 2 aromatic heterocycles. The van der Waals surface area contributed by atoms with Gasteiger partial charge < -0.3 is 15.1 Å². The first-order valence-electron chi connectivity index (χ1n) is 9.87. The van der Waals surface area contributed by atoms with Crippen molar-refractivity contribution in [1.82, 2.24) is 24.6 Å². The van der Waals surface area contributed by atoms with Crippen LogP contribution in [0, 0.1) is 6.92 Å². The van der Waals surface area contributed by atoms with E-state index in [1.807, 2.05) is 54.4 Å². The van der Waals surface area contributed by atoms with Gasteiger partial charge in [-0.2, -0.15) is 5.10 Å². The van der Waals surface area contributed by atoms with Crippen molar-refractivity contribution in [2.45, 2.75) is 20.3 Å². The standard InChI is InChI=1S/C21H25N7O/c1-3-17-6-4-5-7-18(17)24-21(29)27-12-10-26(11-13-27)19-14-20(23-15-22-19)28-9-8-16(2)25-28/h4-9,14-15H,3,10-13H2,1-2H3,(H,24,29). The lowest BCUT2D eigenvalue weighted by atomic mass is 10.1. The number of nitrogens with zero attached hydrogens (tertiary/aromatic N) is 6. The quantitative estimate of drug-likeness (QED) is 0.740. The normalized spacial score (nSPS) is 14.1. The number of nitrogens with one attached hydrogen (secondary N) is 1. The van der Waals surface area contributed by atoms with Crippen molar-refractivity contribution >= 4 is 17.5 Å². The number of anilines is 2. The fraction of sp³-hybridized carbons (Fsp3) is 0.333. The Bertz CT molecular complexity index is 992. The van der Waals surface area contributed by atoms with E-state index in [0.29, 0.717) is 13.1 Å². The number of piperazine rings is 1. The number of carbonyl (C=O) groups is 1. The number of rotatable bonds is 4. The predicted octanol–water partition coefficient (Wildman–Crippen LogP) is 2.89. The lowest BCUT2D eigenvalue weighted by Gasteiger charge is -2.35. The number of amides is 2. The number of urea groups is 1. The first-order valence-corrected chi connectivity index (χ1v) is 9.87. The summed E-state index contributed by atoms with van der Waals surface area (Å²) in [6.07, 6.45) is 4.33. The van der Waals surface area contributed by atoms with Gasteiger partial charge in [-0.05, 0) is 31.0 Å². The fourth-order valence-corrected chi connectivity index (χ4v) is 3.46. The maximum Gasteiger partial charge on any atom is 0.321 e. The van der Waals surface area contributed by atoms with Gasteiger partial charge in [0.05, 0.1) is 5.69 Å². The van der Waals surface area contributed by atoms with Crippen LogP contribution >= 0.6 is 0 Å². The third-order valence-corrected chi connectivity index (χ3v) is 5.13. The van der Waals surface area contributed by atoms with Crippen molar-refractivity contribution in [1.29, 1.82) is 0 Å². The Hall–Kier alpha value is -3.42. The van der Waals surface area contributed by atoms with Crippen LogP contribution in [0.15, 0.2) is 48.9 Å². The molecule has 29 heavy (non-hydrogen) atoms. The molecule has 3 aromatic rings. The number of aryl methyl sites for hydroxylation is 2. The van der Waals surface area contributed by atoms with Gasteiger partial charge in [0.2, 0.25) is 0 Å². The van der Waals surface area contributed by atoms with Crippen LogP contribution < -0.4 is 10.2 Å². The summed E-state index contributed by atoms with van der Waals surface area (Å²) < 4.78 is 1.75. The second-order valence-electron chi connectivity index (χ2n) is 7.05. The van der Waals surface area contributed by atoms with E-state index < -0.39 is 0 Å². The van der Waals surface area contributed by atoms with Crippen LogP contribution in [-0.2, 0) is 6.42 Å². The molecule has 0 radical (unpaired) electrons. The van der Waals surface area contributed by atoms with Crippen LogP contribution in [0.3, 0.4) is 0 Å². The Morgan fingerprint density at radius 3 is 2.55 bits per heavy atom. The molecule has 0 saturated carbocycles. The number of para-hydroxylation sites is 1. The second kappa shape index (κ2) is 8.30. The van der Waals surface area contributed by atoms with E-state index in [9.17, 15) is 4.79 Å². The van der Waals surface area contributed by atoms with Gasteiger partial charge >= 0.3 is 6.03 Å². The first-order chi connectivity index (χ1) is 14.1. The van der Waals surface area contributed by atoms with E-state index in [-0.39, 0.29) is 6.03 Å². The Morgan fingerprint density at radius 1 is 1.07 bits per heavy atom. The first kappa shape index (κ1) is 18.9.